The minimum Gasteiger partial charge on any atom is -0.484 e. The first-order chi connectivity index (χ1) is 9.04. The number of rotatable bonds is 4. The summed E-state index contributed by atoms with van der Waals surface area (Å²) in [5.74, 6) is 0.642. The van der Waals surface area contributed by atoms with E-state index >= 15 is 0 Å². The first-order valence-corrected chi connectivity index (χ1v) is 7.52. The van der Waals surface area contributed by atoms with Gasteiger partial charge in [0.2, 0.25) is 0 Å². The maximum absolute atomic E-state index is 13.9. The molecule has 0 amide bonds. The molecule has 0 saturated heterocycles. The lowest BCUT2D eigenvalue weighted by Gasteiger charge is -2.34. The fourth-order valence-electron chi connectivity index (χ4n) is 2.81. The van der Waals surface area contributed by atoms with E-state index in [1.807, 2.05) is 12.1 Å². The molecule has 0 spiro atoms. The normalized spacial score (nSPS) is 20.0. The van der Waals surface area contributed by atoms with Crippen LogP contribution in [0.15, 0.2) is 18.2 Å². The second-order valence-electron chi connectivity index (χ2n) is 6.11. The van der Waals surface area contributed by atoms with Crippen molar-refractivity contribution in [3.8, 4) is 5.75 Å². The van der Waals surface area contributed by atoms with E-state index in [-0.39, 0.29) is 11.4 Å². The molecule has 1 nitrogen and oxygen atoms in total. The van der Waals surface area contributed by atoms with E-state index in [0.29, 0.717) is 11.7 Å². The third-order valence-electron chi connectivity index (χ3n) is 4.40. The van der Waals surface area contributed by atoms with Gasteiger partial charge in [0.15, 0.2) is 11.6 Å². The molecule has 19 heavy (non-hydrogen) atoms. The Labute approximate surface area is 116 Å². The lowest BCUT2D eigenvalue weighted by molar-refractivity contribution is 0.0446. The van der Waals surface area contributed by atoms with Gasteiger partial charge in [-0.05, 0) is 62.6 Å². The van der Waals surface area contributed by atoms with Crippen molar-refractivity contribution >= 4 is 0 Å². The molecule has 0 aliphatic heterocycles. The number of hydrogen-bond acceptors (Lipinski definition) is 1. The molecule has 1 aromatic carbocycles. The van der Waals surface area contributed by atoms with Crippen LogP contribution in [0.3, 0.4) is 0 Å². The molecule has 1 aliphatic carbocycles. The molecule has 0 heterocycles. The van der Waals surface area contributed by atoms with Crippen LogP contribution in [-0.4, -0.2) is 5.60 Å². The van der Waals surface area contributed by atoms with Crippen molar-refractivity contribution in [1.29, 1.82) is 0 Å². The molecule has 1 unspecified atom stereocenters. The van der Waals surface area contributed by atoms with Crippen molar-refractivity contribution in [3.63, 3.8) is 0 Å². The summed E-state index contributed by atoms with van der Waals surface area (Å²) in [5.41, 5.74) is 0.978. The molecule has 2 rings (SSSR count). The zero-order valence-corrected chi connectivity index (χ0v) is 12.3. The number of ether oxygens (including phenoxy) is 1. The van der Waals surface area contributed by atoms with Gasteiger partial charge in [-0.25, -0.2) is 4.39 Å². The first-order valence-electron chi connectivity index (χ1n) is 7.52. The van der Waals surface area contributed by atoms with E-state index in [0.717, 1.165) is 19.3 Å². The van der Waals surface area contributed by atoms with Crippen LogP contribution in [0.25, 0.3) is 0 Å². The average Bonchev–Trinajstić information content (AvgIpc) is 2.41. The van der Waals surface area contributed by atoms with Crippen LogP contribution >= 0.6 is 0 Å². The van der Waals surface area contributed by atoms with Crippen molar-refractivity contribution < 1.29 is 9.13 Å². The maximum atomic E-state index is 13.9. The maximum Gasteiger partial charge on any atom is 0.165 e. The molecular weight excluding hydrogens is 239 g/mol. The van der Waals surface area contributed by atoms with Crippen LogP contribution in [0.4, 0.5) is 4.39 Å². The lowest BCUT2D eigenvalue weighted by atomic mass is 9.86. The van der Waals surface area contributed by atoms with Gasteiger partial charge in [-0.3, -0.25) is 0 Å². The summed E-state index contributed by atoms with van der Waals surface area (Å²) in [7, 11) is 0. The summed E-state index contributed by atoms with van der Waals surface area (Å²) >= 11 is 0. The Hall–Kier alpha value is -1.05. The van der Waals surface area contributed by atoms with Crippen molar-refractivity contribution in [1.82, 2.24) is 0 Å². The Bertz CT molecular complexity index is 421. The molecule has 106 valence electrons. The Morgan fingerprint density at radius 1 is 1.26 bits per heavy atom. The zero-order chi connectivity index (χ0) is 13.9. The van der Waals surface area contributed by atoms with Gasteiger partial charge in [-0.15, -0.1) is 0 Å². The molecule has 1 fully saturated rings. The lowest BCUT2D eigenvalue weighted by Crippen LogP contribution is -2.34. The second kappa shape index (κ2) is 5.94. The summed E-state index contributed by atoms with van der Waals surface area (Å²) in [4.78, 5) is 0. The van der Waals surface area contributed by atoms with Gasteiger partial charge in [0.05, 0.1) is 0 Å². The standard InChI is InChI=1S/C17H25FO/c1-4-13(2)14-8-9-15(18)16(12-14)19-17(3)10-6-5-7-11-17/h8-9,12-13H,4-7,10-11H2,1-3H3. The van der Waals surface area contributed by atoms with Crippen LogP contribution in [0, 0.1) is 5.82 Å². The van der Waals surface area contributed by atoms with Crippen molar-refractivity contribution in [2.75, 3.05) is 0 Å². The van der Waals surface area contributed by atoms with Crippen LogP contribution in [0.2, 0.25) is 0 Å². The van der Waals surface area contributed by atoms with Crippen molar-refractivity contribution in [2.45, 2.75) is 70.8 Å². The Kier molecular flexibility index (Phi) is 4.49. The highest BCUT2D eigenvalue weighted by atomic mass is 19.1. The number of halogens is 1. The van der Waals surface area contributed by atoms with Crippen LogP contribution in [0.1, 0.15) is 70.8 Å². The van der Waals surface area contributed by atoms with E-state index in [4.69, 9.17) is 4.74 Å². The predicted molar refractivity (Wildman–Crippen MR) is 77.2 cm³/mol. The highest BCUT2D eigenvalue weighted by molar-refractivity contribution is 5.32. The van der Waals surface area contributed by atoms with Gasteiger partial charge >= 0.3 is 0 Å². The van der Waals surface area contributed by atoms with Gasteiger partial charge in [-0.2, -0.15) is 0 Å². The Morgan fingerprint density at radius 3 is 2.58 bits per heavy atom. The highest BCUT2D eigenvalue weighted by Crippen LogP contribution is 2.35. The minimum absolute atomic E-state index is 0.187. The summed E-state index contributed by atoms with van der Waals surface area (Å²) in [6.45, 7) is 6.43. The SMILES string of the molecule is CCC(C)c1ccc(F)c(OC2(C)CCCCC2)c1. The second-order valence-corrected chi connectivity index (χ2v) is 6.11. The van der Waals surface area contributed by atoms with Gasteiger partial charge in [0, 0.05) is 0 Å². The fraction of sp³-hybridized carbons (Fsp3) is 0.647. The third kappa shape index (κ3) is 3.49. The van der Waals surface area contributed by atoms with E-state index in [1.54, 1.807) is 6.07 Å². The third-order valence-corrected chi connectivity index (χ3v) is 4.40. The zero-order valence-electron chi connectivity index (χ0n) is 12.3. The average molecular weight is 264 g/mol. The summed E-state index contributed by atoms with van der Waals surface area (Å²) in [5, 5.41) is 0. The molecule has 0 bridgehead atoms. The quantitative estimate of drug-likeness (QED) is 0.703. The molecule has 0 aromatic heterocycles. The predicted octanol–water partition coefficient (Wildman–Crippen LogP) is 5.44. The Morgan fingerprint density at radius 2 is 1.95 bits per heavy atom. The minimum atomic E-state index is -0.237. The largest absolute Gasteiger partial charge is 0.484 e. The molecule has 2 heteroatoms. The molecule has 1 aromatic rings. The van der Waals surface area contributed by atoms with E-state index in [2.05, 4.69) is 20.8 Å². The molecule has 0 radical (unpaired) electrons. The number of benzene rings is 1. The van der Waals surface area contributed by atoms with Crippen molar-refractivity contribution in [3.05, 3.63) is 29.6 Å². The molecule has 1 atom stereocenters. The van der Waals surface area contributed by atoms with Gasteiger partial charge in [0.1, 0.15) is 5.60 Å². The van der Waals surface area contributed by atoms with Crippen LogP contribution in [-0.2, 0) is 0 Å². The van der Waals surface area contributed by atoms with Crippen LogP contribution < -0.4 is 4.74 Å². The monoisotopic (exact) mass is 264 g/mol. The fourth-order valence-corrected chi connectivity index (χ4v) is 2.81. The van der Waals surface area contributed by atoms with E-state index < -0.39 is 0 Å². The summed E-state index contributed by atoms with van der Waals surface area (Å²) in [6.07, 6.45) is 6.75. The smallest absolute Gasteiger partial charge is 0.165 e. The van der Waals surface area contributed by atoms with Gasteiger partial charge in [0.25, 0.3) is 0 Å². The molecule has 1 aliphatic rings. The summed E-state index contributed by atoms with van der Waals surface area (Å²) < 4.78 is 20.0. The summed E-state index contributed by atoms with van der Waals surface area (Å²) in [6, 6.07) is 5.31. The van der Waals surface area contributed by atoms with Gasteiger partial charge in [-0.1, -0.05) is 26.3 Å². The molecule has 1 saturated carbocycles. The topological polar surface area (TPSA) is 9.23 Å². The number of hydrogen-bond donors (Lipinski definition) is 0. The van der Waals surface area contributed by atoms with E-state index in [1.165, 1.54) is 24.8 Å². The first kappa shape index (κ1) is 14.4. The van der Waals surface area contributed by atoms with Gasteiger partial charge < -0.3 is 4.74 Å². The van der Waals surface area contributed by atoms with Crippen LogP contribution in [0.5, 0.6) is 5.75 Å². The molecular formula is C17H25FO. The molecule has 0 N–H and O–H groups in total. The highest BCUT2D eigenvalue weighted by Gasteiger charge is 2.29. The Balaban J connectivity index is 2.18. The van der Waals surface area contributed by atoms with Crippen molar-refractivity contribution in [2.24, 2.45) is 0 Å². The van der Waals surface area contributed by atoms with E-state index in [9.17, 15) is 4.39 Å².